The third kappa shape index (κ3) is 5.18. The van der Waals surface area contributed by atoms with Gasteiger partial charge in [0.15, 0.2) is 17.6 Å². The Morgan fingerprint density at radius 2 is 1.78 bits per heavy atom. The van der Waals surface area contributed by atoms with Crippen molar-refractivity contribution < 1.29 is 14.3 Å². The molecule has 2 aromatic rings. The van der Waals surface area contributed by atoms with Crippen LogP contribution in [0, 0.1) is 0 Å². The predicted octanol–water partition coefficient (Wildman–Crippen LogP) is 3.47. The lowest BCUT2D eigenvalue weighted by Crippen LogP contribution is -2.37. The standard InChI is InChI=1S/C18H20ClNO3/c1-13(23-17-6-4-3-5-16(17)22-2)18(21)20-12-11-14-7-9-15(19)10-8-14/h3-10,13H,11-12H2,1-2H3,(H,20,21)/t13-/m1/s1. The van der Waals surface area contributed by atoms with E-state index in [9.17, 15) is 4.79 Å². The molecule has 2 rings (SSSR count). The van der Waals surface area contributed by atoms with Crippen LogP contribution in [0.15, 0.2) is 48.5 Å². The molecule has 1 N–H and O–H groups in total. The molecule has 0 bridgehead atoms. The van der Waals surface area contributed by atoms with Crippen molar-refractivity contribution in [2.24, 2.45) is 0 Å². The van der Waals surface area contributed by atoms with Crippen LogP contribution in [-0.2, 0) is 11.2 Å². The van der Waals surface area contributed by atoms with Crippen LogP contribution in [0.1, 0.15) is 12.5 Å². The fraction of sp³-hybridized carbons (Fsp3) is 0.278. The highest BCUT2D eigenvalue weighted by molar-refractivity contribution is 6.30. The monoisotopic (exact) mass is 333 g/mol. The molecule has 0 fully saturated rings. The summed E-state index contributed by atoms with van der Waals surface area (Å²) >= 11 is 5.84. The molecule has 0 saturated heterocycles. The highest BCUT2D eigenvalue weighted by Gasteiger charge is 2.16. The molecule has 2 aromatic carbocycles. The van der Waals surface area contributed by atoms with Gasteiger partial charge in [-0.1, -0.05) is 35.9 Å². The molecular formula is C18H20ClNO3. The maximum absolute atomic E-state index is 12.1. The number of methoxy groups -OCH3 is 1. The van der Waals surface area contributed by atoms with Gasteiger partial charge >= 0.3 is 0 Å². The third-order valence-electron chi connectivity index (χ3n) is 3.37. The number of para-hydroxylation sites is 2. The molecule has 0 radical (unpaired) electrons. The molecule has 0 aliphatic heterocycles. The minimum absolute atomic E-state index is 0.162. The van der Waals surface area contributed by atoms with Crippen molar-refractivity contribution in [3.05, 3.63) is 59.1 Å². The van der Waals surface area contributed by atoms with Gasteiger partial charge in [-0.2, -0.15) is 0 Å². The lowest BCUT2D eigenvalue weighted by molar-refractivity contribution is -0.127. The minimum atomic E-state index is -0.600. The summed E-state index contributed by atoms with van der Waals surface area (Å²) < 4.78 is 10.9. The Hall–Kier alpha value is -2.20. The number of amides is 1. The van der Waals surface area contributed by atoms with Crippen LogP contribution in [0.5, 0.6) is 11.5 Å². The molecule has 0 aliphatic rings. The van der Waals surface area contributed by atoms with Crippen molar-refractivity contribution in [3.63, 3.8) is 0 Å². The van der Waals surface area contributed by atoms with Gasteiger partial charge in [0.05, 0.1) is 7.11 Å². The van der Waals surface area contributed by atoms with Crippen molar-refractivity contribution in [1.29, 1.82) is 0 Å². The zero-order chi connectivity index (χ0) is 16.7. The lowest BCUT2D eigenvalue weighted by atomic mass is 10.1. The summed E-state index contributed by atoms with van der Waals surface area (Å²) in [5.74, 6) is 0.994. The molecule has 0 spiro atoms. The Balaban J connectivity index is 1.81. The van der Waals surface area contributed by atoms with E-state index in [1.165, 1.54) is 0 Å². The topological polar surface area (TPSA) is 47.6 Å². The summed E-state index contributed by atoms with van der Waals surface area (Å²) in [7, 11) is 1.57. The molecule has 0 heterocycles. The van der Waals surface area contributed by atoms with Crippen LogP contribution in [0.4, 0.5) is 0 Å². The van der Waals surface area contributed by atoms with E-state index in [2.05, 4.69) is 5.32 Å². The molecule has 1 atom stereocenters. The van der Waals surface area contributed by atoms with Gasteiger partial charge in [-0.15, -0.1) is 0 Å². The van der Waals surface area contributed by atoms with Crippen LogP contribution in [0.2, 0.25) is 5.02 Å². The van der Waals surface area contributed by atoms with E-state index >= 15 is 0 Å². The van der Waals surface area contributed by atoms with Crippen molar-refractivity contribution in [3.8, 4) is 11.5 Å². The number of halogens is 1. The van der Waals surface area contributed by atoms with Gasteiger partial charge in [0.1, 0.15) is 0 Å². The second-order valence-corrected chi connectivity index (χ2v) is 5.51. The van der Waals surface area contributed by atoms with Crippen LogP contribution in [0.25, 0.3) is 0 Å². The van der Waals surface area contributed by atoms with Crippen molar-refractivity contribution >= 4 is 17.5 Å². The zero-order valence-electron chi connectivity index (χ0n) is 13.2. The first kappa shape index (κ1) is 17.2. The van der Waals surface area contributed by atoms with E-state index in [-0.39, 0.29) is 5.91 Å². The van der Waals surface area contributed by atoms with Gasteiger partial charge in [0.2, 0.25) is 0 Å². The first-order valence-corrected chi connectivity index (χ1v) is 7.80. The Morgan fingerprint density at radius 1 is 1.13 bits per heavy atom. The van der Waals surface area contributed by atoms with E-state index in [0.29, 0.717) is 23.1 Å². The predicted molar refractivity (Wildman–Crippen MR) is 91.2 cm³/mol. The Kier molecular flexibility index (Phi) is 6.29. The van der Waals surface area contributed by atoms with E-state index < -0.39 is 6.10 Å². The number of carbonyl (C=O) groups is 1. The van der Waals surface area contributed by atoms with Gasteiger partial charge in [-0.25, -0.2) is 0 Å². The molecule has 0 saturated carbocycles. The smallest absolute Gasteiger partial charge is 0.260 e. The van der Waals surface area contributed by atoms with E-state index in [1.54, 1.807) is 26.2 Å². The summed E-state index contributed by atoms with van der Waals surface area (Å²) in [6, 6.07) is 14.8. The van der Waals surface area contributed by atoms with Crippen molar-refractivity contribution in [2.45, 2.75) is 19.4 Å². The molecule has 1 amide bonds. The SMILES string of the molecule is COc1ccccc1O[C@H](C)C(=O)NCCc1ccc(Cl)cc1. The Labute approximate surface area is 141 Å². The van der Waals surface area contributed by atoms with Gasteiger partial charge in [0.25, 0.3) is 5.91 Å². The Bertz CT molecular complexity index is 643. The molecule has 0 aliphatic carbocycles. The van der Waals surface area contributed by atoms with E-state index in [0.717, 1.165) is 12.0 Å². The fourth-order valence-corrected chi connectivity index (χ4v) is 2.21. The fourth-order valence-electron chi connectivity index (χ4n) is 2.08. The van der Waals surface area contributed by atoms with Crippen molar-refractivity contribution in [1.82, 2.24) is 5.32 Å². The second-order valence-electron chi connectivity index (χ2n) is 5.08. The van der Waals surface area contributed by atoms with Crippen molar-refractivity contribution in [2.75, 3.05) is 13.7 Å². The van der Waals surface area contributed by atoms with Gasteiger partial charge in [-0.05, 0) is 43.2 Å². The molecule has 5 heteroatoms. The van der Waals surface area contributed by atoms with Crippen LogP contribution < -0.4 is 14.8 Å². The summed E-state index contributed by atoms with van der Waals surface area (Å²) in [6.07, 6.45) is 0.140. The number of nitrogens with one attached hydrogen (secondary N) is 1. The van der Waals surface area contributed by atoms with E-state index in [1.807, 2.05) is 36.4 Å². The molecule has 23 heavy (non-hydrogen) atoms. The first-order valence-electron chi connectivity index (χ1n) is 7.42. The zero-order valence-corrected chi connectivity index (χ0v) is 14.0. The third-order valence-corrected chi connectivity index (χ3v) is 3.62. The number of benzene rings is 2. The average molecular weight is 334 g/mol. The normalized spacial score (nSPS) is 11.6. The lowest BCUT2D eigenvalue weighted by Gasteiger charge is -2.16. The van der Waals surface area contributed by atoms with Gasteiger partial charge < -0.3 is 14.8 Å². The highest BCUT2D eigenvalue weighted by atomic mass is 35.5. The molecule has 0 unspecified atom stereocenters. The number of ether oxygens (including phenoxy) is 2. The first-order chi connectivity index (χ1) is 11.1. The number of rotatable bonds is 7. The second kappa shape index (κ2) is 8.44. The van der Waals surface area contributed by atoms with Gasteiger partial charge in [0, 0.05) is 11.6 Å². The summed E-state index contributed by atoms with van der Waals surface area (Å²) in [4.78, 5) is 12.1. The Morgan fingerprint density at radius 3 is 2.43 bits per heavy atom. The molecule has 0 aromatic heterocycles. The minimum Gasteiger partial charge on any atom is -0.493 e. The molecule has 4 nitrogen and oxygen atoms in total. The van der Waals surface area contributed by atoms with Gasteiger partial charge in [-0.3, -0.25) is 4.79 Å². The quantitative estimate of drug-likeness (QED) is 0.844. The number of hydrogen-bond acceptors (Lipinski definition) is 3. The summed E-state index contributed by atoms with van der Waals surface area (Å²) in [5, 5.41) is 3.57. The number of hydrogen-bond donors (Lipinski definition) is 1. The number of carbonyl (C=O) groups excluding carboxylic acids is 1. The largest absolute Gasteiger partial charge is 0.493 e. The summed E-state index contributed by atoms with van der Waals surface area (Å²) in [6.45, 7) is 2.25. The molecule has 122 valence electrons. The maximum atomic E-state index is 12.1. The summed E-state index contributed by atoms with van der Waals surface area (Å²) in [5.41, 5.74) is 1.12. The van der Waals surface area contributed by atoms with Crippen LogP contribution in [0.3, 0.4) is 0 Å². The highest BCUT2D eigenvalue weighted by Crippen LogP contribution is 2.26. The van der Waals surface area contributed by atoms with Crippen LogP contribution in [-0.4, -0.2) is 25.7 Å². The maximum Gasteiger partial charge on any atom is 0.260 e. The van der Waals surface area contributed by atoms with Crippen LogP contribution >= 0.6 is 11.6 Å². The molecular weight excluding hydrogens is 314 g/mol. The average Bonchev–Trinajstić information content (AvgIpc) is 2.57. The van der Waals surface area contributed by atoms with E-state index in [4.69, 9.17) is 21.1 Å².